The maximum Gasteiger partial charge on any atom is 0.302 e. The van der Waals surface area contributed by atoms with Crippen molar-refractivity contribution in [2.75, 3.05) is 0 Å². The van der Waals surface area contributed by atoms with E-state index >= 15 is 0 Å². The van der Waals surface area contributed by atoms with Crippen LogP contribution >= 0.6 is 12.4 Å². The zero-order valence-corrected chi connectivity index (χ0v) is 11.1. The molecule has 0 radical (unpaired) electrons. The molecule has 0 aromatic heterocycles. The lowest BCUT2D eigenvalue weighted by atomic mass is 9.79. The van der Waals surface area contributed by atoms with Crippen molar-refractivity contribution < 1.29 is 9.53 Å². The van der Waals surface area contributed by atoms with Gasteiger partial charge in [-0.2, -0.15) is 0 Å². The Bertz CT molecular complexity index is 390. The van der Waals surface area contributed by atoms with Crippen molar-refractivity contribution in [3.63, 3.8) is 0 Å². The van der Waals surface area contributed by atoms with Gasteiger partial charge in [0, 0.05) is 12.8 Å². The lowest BCUT2D eigenvalue weighted by molar-refractivity contribution is -0.148. The molecule has 1 aromatic carbocycles. The third-order valence-corrected chi connectivity index (χ3v) is 3.36. The smallest absolute Gasteiger partial charge is 0.302 e. The lowest BCUT2D eigenvalue weighted by Gasteiger charge is -2.32. The quantitative estimate of drug-likeness (QED) is 0.756. The van der Waals surface area contributed by atoms with Crippen LogP contribution in [0.25, 0.3) is 0 Å². The van der Waals surface area contributed by atoms with Crippen LogP contribution in [0.1, 0.15) is 43.7 Å². The molecule has 2 rings (SSSR count). The number of rotatable bonds is 2. The van der Waals surface area contributed by atoms with Crippen LogP contribution < -0.4 is 0 Å². The summed E-state index contributed by atoms with van der Waals surface area (Å²) in [7, 11) is 0. The normalized spacial score (nSPS) is 22.2. The number of fused-ring (bicyclic) bond motifs is 1. The molecule has 0 saturated heterocycles. The van der Waals surface area contributed by atoms with Crippen LogP contribution in [-0.2, 0) is 16.0 Å². The molecule has 1 aromatic rings. The number of ether oxygens (including phenoxy) is 1. The predicted molar refractivity (Wildman–Crippen MR) is 70.6 cm³/mol. The highest BCUT2D eigenvalue weighted by atomic mass is 35.5. The van der Waals surface area contributed by atoms with Gasteiger partial charge in [0.15, 0.2) is 0 Å². The first-order valence-electron chi connectivity index (χ1n) is 5.97. The second kappa shape index (κ2) is 6.06. The molecule has 94 valence electrons. The third-order valence-electron chi connectivity index (χ3n) is 3.36. The van der Waals surface area contributed by atoms with E-state index in [0.29, 0.717) is 5.92 Å². The van der Waals surface area contributed by atoms with Crippen LogP contribution in [0, 0.1) is 0 Å². The lowest BCUT2D eigenvalue weighted by Crippen LogP contribution is -2.29. The highest BCUT2D eigenvalue weighted by Gasteiger charge is 2.29. The van der Waals surface area contributed by atoms with Gasteiger partial charge in [-0.25, -0.2) is 0 Å². The molecule has 0 fully saturated rings. The molecule has 0 heterocycles. The molecule has 0 aliphatic heterocycles. The third kappa shape index (κ3) is 3.01. The summed E-state index contributed by atoms with van der Waals surface area (Å²) in [5, 5.41) is 0. The molecular weight excluding hydrogens is 236 g/mol. The molecule has 0 amide bonds. The highest BCUT2D eigenvalue weighted by molar-refractivity contribution is 5.85. The first kappa shape index (κ1) is 14.0. The SMILES string of the molecule is CCC1c2ccccc2CCC1OC(C)=O.Cl. The molecule has 0 N–H and O–H groups in total. The van der Waals surface area contributed by atoms with Gasteiger partial charge < -0.3 is 4.74 Å². The van der Waals surface area contributed by atoms with Crippen molar-refractivity contribution in [3.05, 3.63) is 35.4 Å². The number of benzene rings is 1. The number of hydrogen-bond acceptors (Lipinski definition) is 2. The topological polar surface area (TPSA) is 26.3 Å². The van der Waals surface area contributed by atoms with Crippen LogP contribution in [0.5, 0.6) is 0 Å². The molecule has 2 atom stereocenters. The monoisotopic (exact) mass is 254 g/mol. The fourth-order valence-electron chi connectivity index (χ4n) is 2.66. The second-order valence-corrected chi connectivity index (χ2v) is 4.40. The van der Waals surface area contributed by atoms with Crippen LogP contribution in [0.15, 0.2) is 24.3 Å². The van der Waals surface area contributed by atoms with Crippen molar-refractivity contribution >= 4 is 18.4 Å². The summed E-state index contributed by atoms with van der Waals surface area (Å²) in [5.74, 6) is 0.205. The van der Waals surface area contributed by atoms with Crippen molar-refractivity contribution in [2.24, 2.45) is 0 Å². The zero-order chi connectivity index (χ0) is 11.5. The summed E-state index contributed by atoms with van der Waals surface area (Å²) < 4.78 is 5.41. The molecule has 1 aliphatic carbocycles. The van der Waals surface area contributed by atoms with Crippen molar-refractivity contribution in [3.8, 4) is 0 Å². The Morgan fingerprint density at radius 2 is 2.12 bits per heavy atom. The number of carbonyl (C=O) groups is 1. The highest BCUT2D eigenvalue weighted by Crippen LogP contribution is 2.35. The average Bonchev–Trinajstić information content (AvgIpc) is 2.28. The van der Waals surface area contributed by atoms with Crippen LogP contribution in [-0.4, -0.2) is 12.1 Å². The first-order chi connectivity index (χ1) is 7.72. The Morgan fingerprint density at radius 3 is 2.76 bits per heavy atom. The van der Waals surface area contributed by atoms with Crippen molar-refractivity contribution in [1.29, 1.82) is 0 Å². The van der Waals surface area contributed by atoms with Crippen molar-refractivity contribution in [1.82, 2.24) is 0 Å². The summed E-state index contributed by atoms with van der Waals surface area (Å²) in [6, 6.07) is 8.50. The van der Waals surface area contributed by atoms with E-state index in [1.165, 1.54) is 18.1 Å². The van der Waals surface area contributed by atoms with Crippen LogP contribution in [0.4, 0.5) is 0 Å². The second-order valence-electron chi connectivity index (χ2n) is 4.40. The number of carbonyl (C=O) groups excluding carboxylic acids is 1. The standard InChI is InChI=1S/C14H18O2.ClH/c1-3-12-13-7-5-4-6-11(13)8-9-14(12)16-10(2)15;/h4-7,12,14H,3,8-9H2,1-2H3;1H. The number of aryl methyl sites for hydroxylation is 1. The van der Waals surface area contributed by atoms with E-state index in [1.54, 1.807) is 0 Å². The van der Waals surface area contributed by atoms with E-state index in [0.717, 1.165) is 19.3 Å². The summed E-state index contributed by atoms with van der Waals surface area (Å²) in [4.78, 5) is 11.1. The fourth-order valence-corrected chi connectivity index (χ4v) is 2.66. The van der Waals surface area contributed by atoms with Gasteiger partial charge in [0.1, 0.15) is 6.10 Å². The predicted octanol–water partition coefficient (Wildman–Crippen LogP) is 3.48. The van der Waals surface area contributed by atoms with Gasteiger partial charge in [0.05, 0.1) is 0 Å². The van der Waals surface area contributed by atoms with E-state index in [2.05, 4.69) is 31.2 Å². The Hall–Kier alpha value is -1.02. The molecule has 3 heteroatoms. The van der Waals surface area contributed by atoms with Gasteiger partial charge in [-0.15, -0.1) is 12.4 Å². The largest absolute Gasteiger partial charge is 0.462 e. The Labute approximate surface area is 109 Å². The Morgan fingerprint density at radius 1 is 1.41 bits per heavy atom. The summed E-state index contributed by atoms with van der Waals surface area (Å²) >= 11 is 0. The maximum absolute atomic E-state index is 11.1. The van der Waals surface area contributed by atoms with E-state index in [4.69, 9.17) is 4.74 Å². The minimum Gasteiger partial charge on any atom is -0.462 e. The van der Waals surface area contributed by atoms with Crippen LogP contribution in [0.3, 0.4) is 0 Å². The zero-order valence-electron chi connectivity index (χ0n) is 10.3. The van der Waals surface area contributed by atoms with Gasteiger partial charge in [-0.05, 0) is 30.4 Å². The number of halogens is 1. The van der Waals surface area contributed by atoms with Crippen LogP contribution in [0.2, 0.25) is 0 Å². The Balaban J connectivity index is 0.00000144. The number of hydrogen-bond donors (Lipinski definition) is 0. The summed E-state index contributed by atoms with van der Waals surface area (Å²) in [6.07, 6.45) is 3.06. The Kier molecular flexibility index (Phi) is 5.01. The average molecular weight is 255 g/mol. The molecule has 0 spiro atoms. The van der Waals surface area contributed by atoms with Gasteiger partial charge in [0.25, 0.3) is 0 Å². The molecular formula is C14H19ClO2. The van der Waals surface area contributed by atoms with E-state index < -0.39 is 0 Å². The molecule has 2 nitrogen and oxygen atoms in total. The minimum atomic E-state index is -0.164. The van der Waals surface area contributed by atoms with E-state index in [1.807, 2.05) is 0 Å². The van der Waals surface area contributed by atoms with Crippen molar-refractivity contribution in [2.45, 2.75) is 45.1 Å². The first-order valence-corrected chi connectivity index (χ1v) is 5.97. The van der Waals surface area contributed by atoms with Gasteiger partial charge in [-0.3, -0.25) is 4.79 Å². The molecule has 1 aliphatic rings. The molecule has 2 unspecified atom stereocenters. The fraction of sp³-hybridized carbons (Fsp3) is 0.500. The minimum absolute atomic E-state index is 0. The maximum atomic E-state index is 11.1. The molecule has 17 heavy (non-hydrogen) atoms. The summed E-state index contributed by atoms with van der Waals surface area (Å²) in [6.45, 7) is 3.65. The van der Waals surface area contributed by atoms with E-state index in [-0.39, 0.29) is 24.5 Å². The van der Waals surface area contributed by atoms with Gasteiger partial charge >= 0.3 is 5.97 Å². The molecule has 0 bridgehead atoms. The molecule has 0 saturated carbocycles. The van der Waals surface area contributed by atoms with Gasteiger partial charge in [-0.1, -0.05) is 31.2 Å². The van der Waals surface area contributed by atoms with Gasteiger partial charge in [0.2, 0.25) is 0 Å². The summed E-state index contributed by atoms with van der Waals surface area (Å²) in [5.41, 5.74) is 2.78. The van der Waals surface area contributed by atoms with E-state index in [9.17, 15) is 4.79 Å². The number of esters is 1.